The second-order valence-corrected chi connectivity index (χ2v) is 8.94. The summed E-state index contributed by atoms with van der Waals surface area (Å²) in [5, 5.41) is 13.0. The van der Waals surface area contributed by atoms with Gasteiger partial charge in [-0.3, -0.25) is 0 Å². The molecule has 0 amide bonds. The Kier molecular flexibility index (Phi) is 5.43. The zero-order valence-electron chi connectivity index (χ0n) is 15.2. The van der Waals surface area contributed by atoms with Crippen molar-refractivity contribution in [2.75, 3.05) is 13.7 Å². The quantitative estimate of drug-likeness (QED) is 0.628. The normalized spacial score (nSPS) is 14.1. The molecule has 0 spiro atoms. The maximum Gasteiger partial charge on any atom is 0.240 e. The molecule has 0 bridgehead atoms. The van der Waals surface area contributed by atoms with Crippen molar-refractivity contribution < 1.29 is 22.7 Å². The highest BCUT2D eigenvalue weighted by Crippen LogP contribution is 2.33. The SMILES string of the molecule is COc1c(C)cc(S(=O)(=O)NCC(O)(c2ccco2)c2cccs2)cc1C. The maximum atomic E-state index is 12.8. The van der Waals surface area contributed by atoms with E-state index in [1.54, 1.807) is 57.4 Å². The molecule has 2 aromatic heterocycles. The fraction of sp³-hybridized carbons (Fsp3) is 0.263. The molecule has 0 saturated carbocycles. The average molecular weight is 408 g/mol. The van der Waals surface area contributed by atoms with Crippen LogP contribution in [0.25, 0.3) is 0 Å². The summed E-state index contributed by atoms with van der Waals surface area (Å²) in [6.45, 7) is 3.32. The minimum atomic E-state index is -3.85. The molecular formula is C19H21NO5S2. The number of aliphatic hydroxyl groups is 1. The van der Waals surface area contributed by atoms with Gasteiger partial charge in [0.25, 0.3) is 0 Å². The third kappa shape index (κ3) is 3.79. The van der Waals surface area contributed by atoms with Crippen LogP contribution in [0.3, 0.4) is 0 Å². The van der Waals surface area contributed by atoms with Crippen LogP contribution in [-0.4, -0.2) is 27.2 Å². The molecule has 2 N–H and O–H groups in total. The minimum Gasteiger partial charge on any atom is -0.496 e. The Balaban J connectivity index is 1.92. The number of rotatable bonds is 7. The first-order valence-electron chi connectivity index (χ1n) is 8.23. The van der Waals surface area contributed by atoms with Crippen molar-refractivity contribution in [2.24, 2.45) is 0 Å². The number of nitrogens with one attached hydrogen (secondary N) is 1. The lowest BCUT2D eigenvalue weighted by Gasteiger charge is -2.25. The summed E-state index contributed by atoms with van der Waals surface area (Å²) in [4.78, 5) is 0.702. The lowest BCUT2D eigenvalue weighted by atomic mass is 9.99. The number of hydrogen-bond acceptors (Lipinski definition) is 6. The van der Waals surface area contributed by atoms with Gasteiger partial charge in [-0.1, -0.05) is 6.07 Å². The van der Waals surface area contributed by atoms with Crippen LogP contribution in [0.15, 0.2) is 57.4 Å². The zero-order chi connectivity index (χ0) is 19.7. The summed E-state index contributed by atoms with van der Waals surface area (Å²) in [5.41, 5.74) is -0.156. The van der Waals surface area contributed by atoms with Gasteiger partial charge in [0.1, 0.15) is 11.5 Å². The molecule has 0 aliphatic rings. The molecule has 1 aromatic carbocycles. The van der Waals surface area contributed by atoms with Crippen molar-refractivity contribution in [1.82, 2.24) is 4.72 Å². The molecular weight excluding hydrogens is 386 g/mol. The van der Waals surface area contributed by atoms with Crippen LogP contribution < -0.4 is 9.46 Å². The fourth-order valence-electron chi connectivity index (χ4n) is 2.99. The van der Waals surface area contributed by atoms with Crippen molar-refractivity contribution in [3.63, 3.8) is 0 Å². The standard InChI is InChI=1S/C19H21NO5S2/c1-13-10-15(11-14(2)18(13)24-3)27(22,23)20-12-19(21,16-6-4-8-25-16)17-7-5-9-26-17/h4-11,20-21H,12H2,1-3H3. The van der Waals surface area contributed by atoms with Crippen LogP contribution in [-0.2, 0) is 15.6 Å². The van der Waals surface area contributed by atoms with Crippen molar-refractivity contribution >= 4 is 21.4 Å². The Labute approximate surface area is 162 Å². The van der Waals surface area contributed by atoms with E-state index < -0.39 is 15.6 Å². The molecule has 0 aliphatic carbocycles. The molecule has 0 saturated heterocycles. The van der Waals surface area contributed by atoms with E-state index in [1.165, 1.54) is 17.6 Å². The van der Waals surface area contributed by atoms with Gasteiger partial charge in [-0.15, -0.1) is 11.3 Å². The van der Waals surface area contributed by atoms with E-state index in [1.807, 2.05) is 5.38 Å². The van der Waals surface area contributed by atoms with Crippen LogP contribution in [0.4, 0.5) is 0 Å². The number of thiophene rings is 1. The summed E-state index contributed by atoms with van der Waals surface area (Å²) in [5.74, 6) is 0.925. The van der Waals surface area contributed by atoms with Crippen LogP contribution in [0.1, 0.15) is 21.8 Å². The molecule has 8 heteroatoms. The van der Waals surface area contributed by atoms with Crippen LogP contribution in [0.5, 0.6) is 5.75 Å². The molecule has 0 fully saturated rings. The van der Waals surface area contributed by atoms with E-state index in [9.17, 15) is 13.5 Å². The zero-order valence-corrected chi connectivity index (χ0v) is 16.9. The topological polar surface area (TPSA) is 88.8 Å². The van der Waals surface area contributed by atoms with E-state index in [0.717, 1.165) is 11.1 Å². The minimum absolute atomic E-state index is 0.117. The Morgan fingerprint density at radius 3 is 2.44 bits per heavy atom. The molecule has 0 aliphatic heterocycles. The van der Waals surface area contributed by atoms with Gasteiger partial charge in [-0.25, -0.2) is 13.1 Å². The van der Waals surface area contributed by atoms with Gasteiger partial charge in [0.2, 0.25) is 10.0 Å². The van der Waals surface area contributed by atoms with Crippen LogP contribution >= 0.6 is 11.3 Å². The van der Waals surface area contributed by atoms with Crippen molar-refractivity contribution in [1.29, 1.82) is 0 Å². The second-order valence-electron chi connectivity index (χ2n) is 6.23. The molecule has 144 valence electrons. The van der Waals surface area contributed by atoms with Gasteiger partial charge in [-0.2, -0.15) is 0 Å². The predicted molar refractivity (Wildman–Crippen MR) is 104 cm³/mol. The second kappa shape index (κ2) is 7.47. The fourth-order valence-corrected chi connectivity index (χ4v) is 5.05. The Morgan fingerprint density at radius 2 is 1.93 bits per heavy atom. The first-order valence-corrected chi connectivity index (χ1v) is 10.6. The molecule has 6 nitrogen and oxygen atoms in total. The summed E-state index contributed by atoms with van der Waals surface area (Å²) >= 11 is 1.32. The van der Waals surface area contributed by atoms with Crippen molar-refractivity contribution in [3.05, 3.63) is 69.8 Å². The lowest BCUT2D eigenvalue weighted by Crippen LogP contribution is -2.41. The molecule has 3 rings (SSSR count). The molecule has 3 aromatic rings. The van der Waals surface area contributed by atoms with Gasteiger partial charge in [0, 0.05) is 4.88 Å². The van der Waals surface area contributed by atoms with E-state index in [4.69, 9.17) is 9.15 Å². The van der Waals surface area contributed by atoms with Crippen molar-refractivity contribution in [3.8, 4) is 5.75 Å². The first-order chi connectivity index (χ1) is 12.8. The number of benzene rings is 1. The maximum absolute atomic E-state index is 12.8. The molecule has 0 radical (unpaired) electrons. The highest BCUT2D eigenvalue weighted by Gasteiger charge is 2.37. The van der Waals surface area contributed by atoms with E-state index in [0.29, 0.717) is 10.6 Å². The number of aryl methyl sites for hydroxylation is 2. The van der Waals surface area contributed by atoms with E-state index in [-0.39, 0.29) is 17.2 Å². The highest BCUT2D eigenvalue weighted by atomic mass is 32.2. The number of sulfonamides is 1. The summed E-state index contributed by atoms with van der Waals surface area (Å²) in [7, 11) is -2.30. The third-order valence-corrected chi connectivity index (χ3v) is 6.73. The largest absolute Gasteiger partial charge is 0.496 e. The van der Waals surface area contributed by atoms with Crippen LogP contribution in [0, 0.1) is 13.8 Å². The van der Waals surface area contributed by atoms with Gasteiger partial charge in [0.15, 0.2) is 5.60 Å². The van der Waals surface area contributed by atoms with Gasteiger partial charge in [0.05, 0.1) is 24.8 Å². The molecule has 1 unspecified atom stereocenters. The predicted octanol–water partition coefficient (Wildman–Crippen LogP) is 3.18. The van der Waals surface area contributed by atoms with E-state index in [2.05, 4.69) is 4.72 Å². The van der Waals surface area contributed by atoms with Gasteiger partial charge < -0.3 is 14.3 Å². The summed E-state index contributed by atoms with van der Waals surface area (Å²) in [6, 6.07) is 9.90. The van der Waals surface area contributed by atoms with Gasteiger partial charge >= 0.3 is 0 Å². The summed E-state index contributed by atoms with van der Waals surface area (Å²) in [6.07, 6.45) is 1.44. The van der Waals surface area contributed by atoms with Crippen molar-refractivity contribution in [2.45, 2.75) is 24.3 Å². The number of ether oxygens (including phenoxy) is 1. The Morgan fingerprint density at radius 1 is 1.22 bits per heavy atom. The first kappa shape index (κ1) is 19.6. The molecule has 27 heavy (non-hydrogen) atoms. The molecule has 1 atom stereocenters. The van der Waals surface area contributed by atoms with E-state index >= 15 is 0 Å². The number of methoxy groups -OCH3 is 1. The Bertz CT molecular complexity index is 951. The monoisotopic (exact) mass is 407 g/mol. The third-order valence-electron chi connectivity index (χ3n) is 4.32. The van der Waals surface area contributed by atoms with Gasteiger partial charge in [-0.05, 0) is 60.7 Å². The smallest absolute Gasteiger partial charge is 0.240 e. The lowest BCUT2D eigenvalue weighted by molar-refractivity contribution is 0.0655. The molecule has 2 heterocycles. The highest BCUT2D eigenvalue weighted by molar-refractivity contribution is 7.89. The number of furan rings is 1. The van der Waals surface area contributed by atoms with Crippen LogP contribution in [0.2, 0.25) is 0 Å². The number of hydrogen-bond donors (Lipinski definition) is 2. The average Bonchev–Trinajstić information content (AvgIpc) is 3.33. The summed E-state index contributed by atoms with van der Waals surface area (Å²) < 4.78 is 38.8. The Hall–Kier alpha value is -2.13.